The Morgan fingerprint density at radius 3 is 1.18 bits per heavy atom. The molecular formula is C33H72Cl2N2O2. The van der Waals surface area contributed by atoms with Crippen molar-refractivity contribution in [1.29, 1.82) is 0 Å². The van der Waals surface area contributed by atoms with Crippen molar-refractivity contribution < 1.29 is 44.1 Å². The molecule has 0 heterocycles. The Morgan fingerprint density at radius 1 is 0.436 bits per heavy atom. The molecule has 6 heteroatoms. The number of rotatable bonds is 30. The van der Waals surface area contributed by atoms with Crippen LogP contribution in [0.2, 0.25) is 0 Å². The Bertz CT molecular complexity index is 413. The van der Waals surface area contributed by atoms with E-state index in [1.54, 1.807) is 9.80 Å². The fourth-order valence-corrected chi connectivity index (χ4v) is 5.86. The number of unbranched alkanes of at least 4 members (excludes halogenated alkanes) is 16. The first kappa shape index (κ1) is 43.9. The van der Waals surface area contributed by atoms with Crippen molar-refractivity contribution in [2.75, 3.05) is 67.7 Å². The highest BCUT2D eigenvalue weighted by Gasteiger charge is 2.36. The van der Waals surface area contributed by atoms with E-state index in [0.717, 1.165) is 26.4 Å². The van der Waals surface area contributed by atoms with Crippen molar-refractivity contribution in [2.45, 2.75) is 142 Å². The zero-order chi connectivity index (χ0) is 27.5. The third kappa shape index (κ3) is 31.2. The third-order valence-electron chi connectivity index (χ3n) is 7.65. The molecule has 0 aromatic rings. The van der Waals surface area contributed by atoms with E-state index in [9.17, 15) is 0 Å². The van der Waals surface area contributed by atoms with Gasteiger partial charge >= 0.3 is 0 Å². The van der Waals surface area contributed by atoms with Crippen LogP contribution in [0.4, 0.5) is 0 Å². The number of hydrogen-bond acceptors (Lipinski definition) is 2. The number of nitrogens with one attached hydrogen (secondary N) is 2. The summed E-state index contributed by atoms with van der Waals surface area (Å²) < 4.78 is 12.2. The Hall–Kier alpha value is 0.420. The molecule has 0 aliphatic carbocycles. The van der Waals surface area contributed by atoms with E-state index < -0.39 is 0 Å². The average molecular weight is 600 g/mol. The molecule has 39 heavy (non-hydrogen) atoms. The lowest BCUT2D eigenvalue weighted by molar-refractivity contribution is -0.893. The summed E-state index contributed by atoms with van der Waals surface area (Å²) in [7, 11) is 9.24. The van der Waals surface area contributed by atoms with Gasteiger partial charge in [-0.2, -0.15) is 0 Å². The number of quaternary nitrogens is 2. The number of halogens is 2. The summed E-state index contributed by atoms with van der Waals surface area (Å²) in [6, 6.07) is 0. The standard InChI is InChI=1S/C33H70N2O2.2ClH/c1-7-9-11-13-14-15-16-17-20-25-29-37-32-33(30-34(3)4,31-35(5)6)26-22-19-18-21-24-28-36-27-23-12-10-8-2;;/h7-32H2,1-6H3;2*1H. The SMILES string of the molecule is CCCCCCCCCCCCOCC(CCCCCCCOCCCCCC)(C[NH+](C)C)C[NH+](C)C.[Cl-].[Cl-]. The van der Waals surface area contributed by atoms with E-state index in [0.29, 0.717) is 5.41 Å². The topological polar surface area (TPSA) is 27.3 Å². The van der Waals surface area contributed by atoms with Gasteiger partial charge in [-0.1, -0.05) is 117 Å². The minimum absolute atomic E-state index is 0. The lowest BCUT2D eigenvalue weighted by atomic mass is 9.82. The van der Waals surface area contributed by atoms with Gasteiger partial charge in [-0.15, -0.1) is 0 Å². The number of ether oxygens (including phenoxy) is 2. The van der Waals surface area contributed by atoms with Gasteiger partial charge in [0.05, 0.1) is 53.3 Å². The molecular weight excluding hydrogens is 527 g/mol. The van der Waals surface area contributed by atoms with Crippen molar-refractivity contribution in [2.24, 2.45) is 5.41 Å². The molecule has 240 valence electrons. The lowest BCUT2D eigenvalue weighted by Crippen LogP contribution is -3.12. The summed E-state index contributed by atoms with van der Waals surface area (Å²) >= 11 is 0. The van der Waals surface area contributed by atoms with Gasteiger partial charge in [0.25, 0.3) is 0 Å². The predicted molar refractivity (Wildman–Crippen MR) is 163 cm³/mol. The van der Waals surface area contributed by atoms with Gasteiger partial charge in [0.15, 0.2) is 0 Å². The third-order valence-corrected chi connectivity index (χ3v) is 7.65. The van der Waals surface area contributed by atoms with Crippen molar-refractivity contribution >= 4 is 0 Å². The minimum Gasteiger partial charge on any atom is -1.00 e. The van der Waals surface area contributed by atoms with Crippen LogP contribution < -0.4 is 34.6 Å². The first-order chi connectivity index (χ1) is 18.0. The minimum atomic E-state index is 0. The quantitative estimate of drug-likeness (QED) is 0.115. The van der Waals surface area contributed by atoms with Gasteiger partial charge in [0.1, 0.15) is 0 Å². The fourth-order valence-electron chi connectivity index (χ4n) is 5.86. The van der Waals surface area contributed by atoms with E-state index in [1.165, 1.54) is 142 Å². The normalized spacial score (nSPS) is 11.7. The second-order valence-electron chi connectivity index (χ2n) is 12.7. The van der Waals surface area contributed by atoms with Gasteiger partial charge in [-0.05, 0) is 25.7 Å². The summed E-state index contributed by atoms with van der Waals surface area (Å²) in [6.45, 7) is 10.8. The van der Waals surface area contributed by atoms with Gasteiger partial charge in [-0.3, -0.25) is 0 Å². The van der Waals surface area contributed by atoms with Crippen LogP contribution in [0.25, 0.3) is 0 Å². The van der Waals surface area contributed by atoms with E-state index in [4.69, 9.17) is 9.47 Å². The van der Waals surface area contributed by atoms with Gasteiger partial charge in [0.2, 0.25) is 0 Å². The Labute approximate surface area is 258 Å². The maximum absolute atomic E-state index is 6.39. The molecule has 0 saturated carbocycles. The highest BCUT2D eigenvalue weighted by Crippen LogP contribution is 2.24. The van der Waals surface area contributed by atoms with Crippen molar-refractivity contribution in [3.05, 3.63) is 0 Å². The smallest absolute Gasteiger partial charge is 0.0914 e. The summed E-state index contributed by atoms with van der Waals surface area (Å²) in [6.07, 6.45) is 26.9. The molecule has 0 spiro atoms. The monoisotopic (exact) mass is 598 g/mol. The lowest BCUT2D eigenvalue weighted by Gasteiger charge is -2.34. The molecule has 0 bridgehead atoms. The van der Waals surface area contributed by atoms with E-state index >= 15 is 0 Å². The average Bonchev–Trinajstić information content (AvgIpc) is 2.84. The molecule has 4 nitrogen and oxygen atoms in total. The molecule has 0 saturated heterocycles. The largest absolute Gasteiger partial charge is 1.00 e. The summed E-state index contributed by atoms with van der Waals surface area (Å²) in [5, 5.41) is 0. The molecule has 0 atom stereocenters. The van der Waals surface area contributed by atoms with Gasteiger partial charge in [0, 0.05) is 19.8 Å². The van der Waals surface area contributed by atoms with Crippen LogP contribution in [-0.2, 0) is 9.47 Å². The van der Waals surface area contributed by atoms with Crippen LogP contribution in [0.5, 0.6) is 0 Å². The molecule has 0 aromatic heterocycles. The van der Waals surface area contributed by atoms with Gasteiger partial charge < -0.3 is 44.1 Å². The molecule has 2 N–H and O–H groups in total. The van der Waals surface area contributed by atoms with Crippen LogP contribution in [0.1, 0.15) is 142 Å². The fraction of sp³-hybridized carbons (Fsp3) is 1.00. The van der Waals surface area contributed by atoms with Crippen LogP contribution in [0.15, 0.2) is 0 Å². The number of hydrogen-bond donors (Lipinski definition) is 2. The Morgan fingerprint density at radius 2 is 0.769 bits per heavy atom. The zero-order valence-corrected chi connectivity index (χ0v) is 29.0. The highest BCUT2D eigenvalue weighted by atomic mass is 35.5. The first-order valence-electron chi connectivity index (χ1n) is 16.7. The maximum Gasteiger partial charge on any atom is 0.0914 e. The molecule has 0 aliphatic rings. The molecule has 0 rings (SSSR count). The van der Waals surface area contributed by atoms with Crippen LogP contribution >= 0.6 is 0 Å². The van der Waals surface area contributed by atoms with Crippen molar-refractivity contribution in [3.8, 4) is 0 Å². The first-order valence-corrected chi connectivity index (χ1v) is 16.7. The molecule has 0 aromatic carbocycles. The second kappa shape index (κ2) is 32.9. The second-order valence-corrected chi connectivity index (χ2v) is 12.7. The molecule has 0 unspecified atom stereocenters. The van der Waals surface area contributed by atoms with E-state index in [-0.39, 0.29) is 24.8 Å². The molecule has 0 fully saturated rings. The predicted octanol–water partition coefficient (Wildman–Crippen LogP) is 0.145. The molecule has 0 radical (unpaired) electrons. The van der Waals surface area contributed by atoms with Crippen molar-refractivity contribution in [1.82, 2.24) is 0 Å². The maximum atomic E-state index is 6.39. The Kier molecular flexibility index (Phi) is 37.0. The Balaban J connectivity index is -0.00000648. The van der Waals surface area contributed by atoms with Crippen LogP contribution in [0, 0.1) is 5.41 Å². The summed E-state index contributed by atoms with van der Waals surface area (Å²) in [5.74, 6) is 0. The van der Waals surface area contributed by atoms with E-state index in [1.807, 2.05) is 0 Å². The molecule has 0 aliphatic heterocycles. The summed E-state index contributed by atoms with van der Waals surface area (Å²) in [5.41, 5.74) is 0.303. The summed E-state index contributed by atoms with van der Waals surface area (Å²) in [4.78, 5) is 3.11. The van der Waals surface area contributed by atoms with Crippen LogP contribution in [-0.4, -0.2) is 67.7 Å². The highest BCUT2D eigenvalue weighted by molar-refractivity contribution is 4.78. The van der Waals surface area contributed by atoms with E-state index in [2.05, 4.69) is 42.0 Å². The van der Waals surface area contributed by atoms with Gasteiger partial charge in [-0.25, -0.2) is 0 Å². The zero-order valence-electron chi connectivity index (χ0n) is 27.5. The molecule has 0 amide bonds. The van der Waals surface area contributed by atoms with Crippen molar-refractivity contribution in [3.63, 3.8) is 0 Å². The van der Waals surface area contributed by atoms with Crippen LogP contribution in [0.3, 0.4) is 0 Å².